The summed E-state index contributed by atoms with van der Waals surface area (Å²) in [6, 6.07) is 8.21. The van der Waals surface area contributed by atoms with Crippen molar-refractivity contribution in [3.05, 3.63) is 59.4 Å². The van der Waals surface area contributed by atoms with E-state index in [0.717, 1.165) is 44.2 Å². The Morgan fingerprint density at radius 1 is 1.06 bits per heavy atom. The van der Waals surface area contributed by atoms with Crippen LogP contribution in [0.15, 0.2) is 47.4 Å². The second-order valence-electron chi connectivity index (χ2n) is 8.03. The summed E-state index contributed by atoms with van der Waals surface area (Å²) in [6.07, 6.45) is 4.88. The fourth-order valence-corrected chi connectivity index (χ4v) is 4.94. The van der Waals surface area contributed by atoms with Crippen molar-refractivity contribution in [2.45, 2.75) is 50.0 Å². The van der Waals surface area contributed by atoms with Gasteiger partial charge in [-0.2, -0.15) is 0 Å². The minimum atomic E-state index is -4.11. The summed E-state index contributed by atoms with van der Waals surface area (Å²) < 4.78 is 46.0. The topological polar surface area (TPSA) is 131 Å². The molecule has 1 aliphatic carbocycles. The van der Waals surface area contributed by atoms with Crippen molar-refractivity contribution in [3.63, 3.8) is 0 Å². The maximum atomic E-state index is 13.5. The van der Waals surface area contributed by atoms with Crippen molar-refractivity contribution < 1.29 is 31.9 Å². The number of hydrogen-bond acceptors (Lipinski definition) is 6. The van der Waals surface area contributed by atoms with Crippen LogP contribution in [0.2, 0.25) is 0 Å². The van der Waals surface area contributed by atoms with E-state index in [1.54, 1.807) is 0 Å². The minimum absolute atomic E-state index is 0.0179. The first-order valence-corrected chi connectivity index (χ1v) is 12.3. The lowest BCUT2D eigenvalue weighted by atomic mass is 9.96. The predicted octanol–water partition coefficient (Wildman–Crippen LogP) is 3.25. The number of anilines is 1. The number of urea groups is 1. The first-order chi connectivity index (χ1) is 16.1. The quantitative estimate of drug-likeness (QED) is 0.510. The molecule has 2 aromatic carbocycles. The molecule has 34 heavy (non-hydrogen) atoms. The van der Waals surface area contributed by atoms with Gasteiger partial charge in [0.1, 0.15) is 5.82 Å². The van der Waals surface area contributed by atoms with Gasteiger partial charge >= 0.3 is 12.0 Å². The number of esters is 1. The molecule has 0 saturated heterocycles. The average molecular weight is 492 g/mol. The normalized spacial score (nSPS) is 14.2. The maximum Gasteiger partial charge on any atom is 0.338 e. The smallest absolute Gasteiger partial charge is 0.338 e. The lowest BCUT2D eigenvalue weighted by Crippen LogP contribution is -2.46. The Morgan fingerprint density at radius 3 is 2.53 bits per heavy atom. The van der Waals surface area contributed by atoms with Gasteiger partial charge in [0.05, 0.1) is 10.5 Å². The standard InChI is InChI=1S/C23H26FN3O6S/c1-15-10-11-17(24)13-20(15)34(31,32)27-19-9-5-6-16(12-19)22(29)33-14-21(28)26-23(30)25-18-7-3-2-4-8-18/h5-6,9-13,18,27H,2-4,7-8,14H2,1H3,(H2,25,26,28,30). The zero-order chi connectivity index (χ0) is 24.7. The van der Waals surface area contributed by atoms with Crippen LogP contribution in [0.4, 0.5) is 14.9 Å². The lowest BCUT2D eigenvalue weighted by molar-refractivity contribution is -0.123. The molecule has 0 heterocycles. The third-order valence-corrected chi connectivity index (χ3v) is 6.84. The zero-order valence-corrected chi connectivity index (χ0v) is 19.4. The Morgan fingerprint density at radius 2 is 1.79 bits per heavy atom. The van der Waals surface area contributed by atoms with Gasteiger partial charge in [0.2, 0.25) is 0 Å². The molecule has 3 rings (SSSR count). The van der Waals surface area contributed by atoms with E-state index in [1.165, 1.54) is 37.3 Å². The van der Waals surface area contributed by atoms with Gasteiger partial charge in [0, 0.05) is 11.7 Å². The third-order valence-electron chi connectivity index (χ3n) is 5.32. The molecule has 9 nitrogen and oxygen atoms in total. The highest BCUT2D eigenvalue weighted by molar-refractivity contribution is 7.92. The number of ether oxygens (including phenoxy) is 1. The number of carbonyl (C=O) groups excluding carboxylic acids is 3. The number of nitrogens with one attached hydrogen (secondary N) is 3. The van der Waals surface area contributed by atoms with Crippen LogP contribution in [-0.4, -0.2) is 39.0 Å². The van der Waals surface area contributed by atoms with Gasteiger partial charge in [0.25, 0.3) is 15.9 Å². The molecule has 0 spiro atoms. The van der Waals surface area contributed by atoms with Crippen molar-refractivity contribution in [2.75, 3.05) is 11.3 Å². The van der Waals surface area contributed by atoms with E-state index < -0.39 is 40.4 Å². The SMILES string of the molecule is Cc1ccc(F)cc1S(=O)(=O)Nc1cccc(C(=O)OCC(=O)NC(=O)NC2CCCCC2)c1. The summed E-state index contributed by atoms with van der Waals surface area (Å²) in [6.45, 7) is 0.845. The molecule has 1 saturated carbocycles. The van der Waals surface area contributed by atoms with E-state index >= 15 is 0 Å². The molecular formula is C23H26FN3O6S. The molecule has 0 aromatic heterocycles. The zero-order valence-electron chi connectivity index (χ0n) is 18.6. The molecular weight excluding hydrogens is 465 g/mol. The molecule has 1 fully saturated rings. The summed E-state index contributed by atoms with van der Waals surface area (Å²) in [5.41, 5.74) is 0.382. The number of benzene rings is 2. The van der Waals surface area contributed by atoms with Crippen LogP contribution >= 0.6 is 0 Å². The Bertz CT molecular complexity index is 1180. The fraction of sp³-hybridized carbons (Fsp3) is 0.348. The van der Waals surface area contributed by atoms with Crippen LogP contribution in [-0.2, 0) is 19.6 Å². The van der Waals surface area contributed by atoms with Crippen LogP contribution in [0.5, 0.6) is 0 Å². The molecule has 3 amide bonds. The number of halogens is 1. The van der Waals surface area contributed by atoms with Crippen LogP contribution in [0.25, 0.3) is 0 Å². The highest BCUT2D eigenvalue weighted by Gasteiger charge is 2.20. The van der Waals surface area contributed by atoms with Gasteiger partial charge in [-0.25, -0.2) is 22.4 Å². The molecule has 0 radical (unpaired) electrons. The number of rotatable bonds is 7. The lowest BCUT2D eigenvalue weighted by Gasteiger charge is -2.22. The van der Waals surface area contributed by atoms with Crippen molar-refractivity contribution in [3.8, 4) is 0 Å². The molecule has 182 valence electrons. The number of sulfonamides is 1. The van der Waals surface area contributed by atoms with Crippen molar-refractivity contribution in [1.29, 1.82) is 0 Å². The summed E-state index contributed by atoms with van der Waals surface area (Å²) in [4.78, 5) is 35.9. The molecule has 0 bridgehead atoms. The van der Waals surface area contributed by atoms with Gasteiger partial charge in [-0.1, -0.05) is 31.4 Å². The first-order valence-electron chi connectivity index (χ1n) is 10.8. The molecule has 0 aliphatic heterocycles. The van der Waals surface area contributed by atoms with Gasteiger partial charge in [-0.05, 0) is 55.7 Å². The highest BCUT2D eigenvalue weighted by atomic mass is 32.2. The minimum Gasteiger partial charge on any atom is -0.452 e. The van der Waals surface area contributed by atoms with E-state index in [1.807, 2.05) is 0 Å². The maximum absolute atomic E-state index is 13.5. The molecule has 2 aromatic rings. The van der Waals surface area contributed by atoms with Gasteiger partial charge in [-0.15, -0.1) is 0 Å². The Balaban J connectivity index is 1.55. The van der Waals surface area contributed by atoms with Crippen LogP contribution in [0.3, 0.4) is 0 Å². The van der Waals surface area contributed by atoms with E-state index in [0.29, 0.717) is 5.56 Å². The van der Waals surface area contributed by atoms with Gasteiger partial charge in [-0.3, -0.25) is 14.8 Å². The Labute approximate surface area is 197 Å². The highest BCUT2D eigenvalue weighted by Crippen LogP contribution is 2.21. The summed E-state index contributed by atoms with van der Waals surface area (Å²) in [5, 5.41) is 4.84. The third kappa shape index (κ3) is 7.01. The molecule has 1 aliphatic rings. The number of amides is 3. The van der Waals surface area contributed by atoms with Crippen LogP contribution in [0.1, 0.15) is 48.0 Å². The van der Waals surface area contributed by atoms with E-state index in [4.69, 9.17) is 4.74 Å². The van der Waals surface area contributed by atoms with E-state index in [2.05, 4.69) is 15.4 Å². The van der Waals surface area contributed by atoms with Crippen LogP contribution < -0.4 is 15.4 Å². The first kappa shape index (κ1) is 25.2. The molecule has 0 atom stereocenters. The molecule has 11 heteroatoms. The molecule has 0 unspecified atom stereocenters. The Hall–Kier alpha value is -3.47. The fourth-order valence-electron chi connectivity index (χ4n) is 3.63. The van der Waals surface area contributed by atoms with E-state index in [9.17, 15) is 27.2 Å². The number of hydrogen-bond donors (Lipinski definition) is 3. The molecule has 3 N–H and O–H groups in total. The van der Waals surface area contributed by atoms with E-state index in [-0.39, 0.29) is 22.2 Å². The summed E-state index contributed by atoms with van der Waals surface area (Å²) in [7, 11) is -4.11. The van der Waals surface area contributed by atoms with Crippen molar-refractivity contribution in [2.24, 2.45) is 0 Å². The number of aryl methyl sites for hydroxylation is 1. The number of carbonyl (C=O) groups is 3. The van der Waals surface area contributed by atoms with Crippen molar-refractivity contribution in [1.82, 2.24) is 10.6 Å². The van der Waals surface area contributed by atoms with Gasteiger partial charge < -0.3 is 10.1 Å². The summed E-state index contributed by atoms with van der Waals surface area (Å²) in [5.74, 6) is -2.38. The second-order valence-corrected chi connectivity index (χ2v) is 9.68. The van der Waals surface area contributed by atoms with Gasteiger partial charge in [0.15, 0.2) is 6.61 Å². The number of imide groups is 1. The van der Waals surface area contributed by atoms with Crippen LogP contribution in [0, 0.1) is 12.7 Å². The average Bonchev–Trinajstić information content (AvgIpc) is 2.79. The van der Waals surface area contributed by atoms with Crippen molar-refractivity contribution >= 4 is 33.6 Å². The Kier molecular flexibility index (Phi) is 8.21. The largest absolute Gasteiger partial charge is 0.452 e. The monoisotopic (exact) mass is 491 g/mol. The summed E-state index contributed by atoms with van der Waals surface area (Å²) >= 11 is 0. The predicted molar refractivity (Wildman–Crippen MR) is 122 cm³/mol. The second kappa shape index (κ2) is 11.1.